The lowest BCUT2D eigenvalue weighted by atomic mass is 10.1. The zero-order valence-electron chi connectivity index (χ0n) is 10.7. The Bertz CT molecular complexity index is 721. The van der Waals surface area contributed by atoms with E-state index in [2.05, 4.69) is 21.4 Å². The van der Waals surface area contributed by atoms with Gasteiger partial charge in [-0.3, -0.25) is 19.8 Å². The van der Waals surface area contributed by atoms with Crippen LogP contribution in [0, 0.1) is 0 Å². The summed E-state index contributed by atoms with van der Waals surface area (Å²) in [6, 6.07) is 13.1. The number of hydrogen-bond acceptors (Lipinski definition) is 3. The molecule has 1 aliphatic rings. The maximum atomic E-state index is 12.1. The first-order valence-electron chi connectivity index (χ1n) is 6.12. The third-order valence-corrected chi connectivity index (χ3v) is 3.64. The van der Waals surface area contributed by atoms with E-state index in [1.165, 1.54) is 0 Å². The number of benzene rings is 2. The van der Waals surface area contributed by atoms with Crippen LogP contribution in [0.2, 0.25) is 0 Å². The summed E-state index contributed by atoms with van der Waals surface area (Å²) in [5, 5.41) is 0.745. The van der Waals surface area contributed by atoms with Crippen LogP contribution >= 0.6 is 15.9 Å². The fraction of sp³-hybridized carbons (Fsp3) is 0. The fourth-order valence-electron chi connectivity index (χ4n) is 2.06. The van der Waals surface area contributed by atoms with E-state index in [4.69, 9.17) is 0 Å². The van der Waals surface area contributed by atoms with Crippen molar-refractivity contribution in [2.45, 2.75) is 0 Å². The van der Waals surface area contributed by atoms with E-state index in [0.717, 1.165) is 9.48 Å². The number of hydrazine groups is 1. The van der Waals surface area contributed by atoms with Gasteiger partial charge in [0.15, 0.2) is 0 Å². The van der Waals surface area contributed by atoms with Crippen molar-refractivity contribution in [3.05, 3.63) is 69.7 Å². The number of nitrogens with one attached hydrogen (secondary N) is 1. The highest BCUT2D eigenvalue weighted by atomic mass is 79.9. The molecule has 2 aromatic carbocycles. The summed E-state index contributed by atoms with van der Waals surface area (Å²) in [7, 11) is 0. The number of rotatable bonds is 2. The molecule has 5 nitrogen and oxygen atoms in total. The topological polar surface area (TPSA) is 66.5 Å². The molecule has 0 aromatic heterocycles. The Hall–Kier alpha value is -2.47. The summed E-state index contributed by atoms with van der Waals surface area (Å²) in [5.41, 5.74) is 3.28. The van der Waals surface area contributed by atoms with Crippen molar-refractivity contribution in [1.82, 2.24) is 10.4 Å². The van der Waals surface area contributed by atoms with Crippen LogP contribution in [0.4, 0.5) is 0 Å². The van der Waals surface area contributed by atoms with Gasteiger partial charge in [-0.25, -0.2) is 0 Å². The van der Waals surface area contributed by atoms with Gasteiger partial charge in [0, 0.05) is 10.0 Å². The molecule has 2 aromatic rings. The van der Waals surface area contributed by atoms with E-state index in [-0.39, 0.29) is 0 Å². The highest BCUT2D eigenvalue weighted by molar-refractivity contribution is 9.10. The van der Waals surface area contributed by atoms with Gasteiger partial charge < -0.3 is 0 Å². The van der Waals surface area contributed by atoms with Crippen LogP contribution in [0.5, 0.6) is 0 Å². The monoisotopic (exact) mass is 344 g/mol. The average Bonchev–Trinajstić information content (AvgIpc) is 2.73. The molecular formula is C15H9BrN2O3. The normalized spacial score (nSPS) is 13.3. The molecular weight excluding hydrogens is 336 g/mol. The predicted octanol–water partition coefficient (Wildman–Crippen LogP) is 2.39. The molecule has 0 atom stereocenters. The number of carbonyl (C=O) groups is 3. The summed E-state index contributed by atoms with van der Waals surface area (Å²) in [6.45, 7) is 0. The van der Waals surface area contributed by atoms with Gasteiger partial charge in [0.25, 0.3) is 17.7 Å². The standard InChI is InChI=1S/C15H9BrN2O3/c16-10-7-5-9(6-8-10)13(19)17-18-14(20)11-3-1-2-4-12(11)15(18)21/h1-8H,(H,17,19). The van der Waals surface area contributed by atoms with Crippen molar-refractivity contribution in [2.75, 3.05) is 0 Å². The van der Waals surface area contributed by atoms with Gasteiger partial charge in [-0.2, -0.15) is 5.01 Å². The van der Waals surface area contributed by atoms with Crippen LogP contribution in [-0.2, 0) is 0 Å². The van der Waals surface area contributed by atoms with Crippen LogP contribution in [0.1, 0.15) is 31.1 Å². The van der Waals surface area contributed by atoms with Gasteiger partial charge >= 0.3 is 0 Å². The fourth-order valence-corrected chi connectivity index (χ4v) is 2.32. The summed E-state index contributed by atoms with van der Waals surface area (Å²) >= 11 is 3.27. The largest absolute Gasteiger partial charge is 0.280 e. The molecule has 0 fully saturated rings. The first-order valence-corrected chi connectivity index (χ1v) is 6.91. The van der Waals surface area contributed by atoms with E-state index < -0.39 is 17.7 Å². The lowest BCUT2D eigenvalue weighted by Crippen LogP contribution is -2.45. The van der Waals surface area contributed by atoms with Gasteiger partial charge in [-0.05, 0) is 36.4 Å². The lowest BCUT2D eigenvalue weighted by molar-refractivity contribution is 0.0518. The number of hydrogen-bond donors (Lipinski definition) is 1. The molecule has 0 bridgehead atoms. The zero-order valence-corrected chi connectivity index (χ0v) is 12.3. The molecule has 0 saturated heterocycles. The zero-order chi connectivity index (χ0) is 15.0. The van der Waals surface area contributed by atoms with E-state index >= 15 is 0 Å². The number of halogens is 1. The Morgan fingerprint density at radius 3 is 1.95 bits per heavy atom. The molecule has 3 amide bonds. The molecule has 3 rings (SSSR count). The molecule has 1 aliphatic heterocycles. The van der Waals surface area contributed by atoms with Crippen LogP contribution in [0.3, 0.4) is 0 Å². The molecule has 0 spiro atoms. The molecule has 0 unspecified atom stereocenters. The predicted molar refractivity (Wildman–Crippen MR) is 78.6 cm³/mol. The summed E-state index contributed by atoms with van der Waals surface area (Å²) in [5.74, 6) is -1.57. The van der Waals surface area contributed by atoms with E-state index in [1.807, 2.05) is 0 Å². The lowest BCUT2D eigenvalue weighted by Gasteiger charge is -2.14. The van der Waals surface area contributed by atoms with E-state index in [9.17, 15) is 14.4 Å². The molecule has 104 valence electrons. The number of fused-ring (bicyclic) bond motifs is 1. The van der Waals surface area contributed by atoms with Crippen LogP contribution in [-0.4, -0.2) is 22.7 Å². The Morgan fingerprint density at radius 1 is 0.905 bits per heavy atom. The highest BCUT2D eigenvalue weighted by Crippen LogP contribution is 2.21. The maximum Gasteiger partial charge on any atom is 0.280 e. The van der Waals surface area contributed by atoms with Gasteiger partial charge in [0.05, 0.1) is 11.1 Å². The second kappa shape index (κ2) is 5.14. The Kier molecular flexibility index (Phi) is 3.31. The minimum Gasteiger partial charge on any atom is -0.267 e. The number of nitrogens with zero attached hydrogens (tertiary/aromatic N) is 1. The molecule has 6 heteroatoms. The molecule has 0 saturated carbocycles. The second-order valence-corrected chi connectivity index (χ2v) is 5.35. The van der Waals surface area contributed by atoms with Crippen LogP contribution in [0.25, 0.3) is 0 Å². The molecule has 0 aliphatic carbocycles. The minimum absolute atomic E-state index is 0.290. The van der Waals surface area contributed by atoms with Crippen LogP contribution in [0.15, 0.2) is 53.0 Å². The molecule has 0 radical (unpaired) electrons. The first-order chi connectivity index (χ1) is 10.1. The SMILES string of the molecule is O=C(NN1C(=O)c2ccccc2C1=O)c1ccc(Br)cc1. The van der Waals surface area contributed by atoms with Crippen LogP contribution < -0.4 is 5.43 Å². The average molecular weight is 345 g/mol. The maximum absolute atomic E-state index is 12.1. The second-order valence-electron chi connectivity index (χ2n) is 4.44. The van der Waals surface area contributed by atoms with Crippen molar-refractivity contribution < 1.29 is 14.4 Å². The van der Waals surface area contributed by atoms with Gasteiger partial charge in [-0.15, -0.1) is 0 Å². The van der Waals surface area contributed by atoms with Crippen molar-refractivity contribution >= 4 is 33.7 Å². The Morgan fingerprint density at radius 2 is 1.43 bits per heavy atom. The van der Waals surface area contributed by atoms with Crippen molar-refractivity contribution in [3.8, 4) is 0 Å². The molecule has 1 heterocycles. The Labute approximate surface area is 128 Å². The van der Waals surface area contributed by atoms with Gasteiger partial charge in [0.1, 0.15) is 0 Å². The molecule has 1 N–H and O–H groups in total. The van der Waals surface area contributed by atoms with Crippen molar-refractivity contribution in [3.63, 3.8) is 0 Å². The van der Waals surface area contributed by atoms with Gasteiger partial charge in [0.2, 0.25) is 0 Å². The summed E-state index contributed by atoms with van der Waals surface area (Å²) in [6.07, 6.45) is 0. The van der Waals surface area contributed by atoms with Crippen molar-refractivity contribution in [2.24, 2.45) is 0 Å². The highest BCUT2D eigenvalue weighted by Gasteiger charge is 2.36. The van der Waals surface area contributed by atoms with E-state index in [1.54, 1.807) is 48.5 Å². The minimum atomic E-state index is -0.527. The number of carbonyl (C=O) groups excluding carboxylic acids is 3. The van der Waals surface area contributed by atoms with Gasteiger partial charge in [-0.1, -0.05) is 28.1 Å². The Balaban J connectivity index is 1.84. The smallest absolute Gasteiger partial charge is 0.267 e. The number of amides is 3. The summed E-state index contributed by atoms with van der Waals surface area (Å²) < 4.78 is 0.833. The third-order valence-electron chi connectivity index (χ3n) is 3.11. The van der Waals surface area contributed by atoms with E-state index in [0.29, 0.717) is 16.7 Å². The quantitative estimate of drug-likeness (QED) is 0.850. The number of imide groups is 1. The first kappa shape index (κ1) is 13.5. The van der Waals surface area contributed by atoms with Crippen molar-refractivity contribution in [1.29, 1.82) is 0 Å². The molecule has 21 heavy (non-hydrogen) atoms. The third kappa shape index (κ3) is 2.34. The summed E-state index contributed by atoms with van der Waals surface area (Å²) in [4.78, 5) is 36.3.